The summed E-state index contributed by atoms with van der Waals surface area (Å²) in [5.74, 6) is -2.57. The number of aromatic nitrogens is 1. The molecule has 2 rings (SSSR count). The third-order valence-electron chi connectivity index (χ3n) is 6.91. The third kappa shape index (κ3) is 12.1. The number of nitrogens with two attached hydrogens (primary N) is 1. The number of primary amides is 1. The smallest absolute Gasteiger partial charge is 0.359 e. The molecule has 2 aromatic rings. The zero-order valence-corrected chi connectivity index (χ0v) is 24.6. The molecule has 228 valence electrons. The van der Waals surface area contributed by atoms with Crippen LogP contribution in [0.2, 0.25) is 0 Å². The second kappa shape index (κ2) is 18.2. The SMILES string of the molecule is CCCCCC(=O)NC(Cc1ccc(OCOC(=O)c2ccccn2)cc1)C(=O)CC(C(=O)NCC(N)=O)C(C)CC. The first-order chi connectivity index (χ1) is 20.1. The molecule has 4 N–H and O–H groups in total. The summed E-state index contributed by atoms with van der Waals surface area (Å²) in [6.45, 7) is 5.21. The van der Waals surface area contributed by atoms with Crippen LogP contribution >= 0.6 is 0 Å². The van der Waals surface area contributed by atoms with Crippen molar-refractivity contribution in [1.29, 1.82) is 0 Å². The number of amides is 3. The van der Waals surface area contributed by atoms with Crippen molar-refractivity contribution in [2.45, 2.75) is 71.8 Å². The number of carbonyl (C=O) groups is 5. The van der Waals surface area contributed by atoms with Gasteiger partial charge < -0.3 is 25.8 Å². The van der Waals surface area contributed by atoms with Crippen molar-refractivity contribution in [1.82, 2.24) is 15.6 Å². The predicted molar refractivity (Wildman–Crippen MR) is 156 cm³/mol. The summed E-state index contributed by atoms with van der Waals surface area (Å²) >= 11 is 0. The zero-order valence-electron chi connectivity index (χ0n) is 24.6. The van der Waals surface area contributed by atoms with Gasteiger partial charge in [-0.3, -0.25) is 19.2 Å². The van der Waals surface area contributed by atoms with E-state index in [1.54, 1.807) is 36.4 Å². The number of hydrogen-bond donors (Lipinski definition) is 3. The van der Waals surface area contributed by atoms with Gasteiger partial charge in [0, 0.05) is 25.0 Å². The van der Waals surface area contributed by atoms with Gasteiger partial charge in [-0.2, -0.15) is 0 Å². The van der Waals surface area contributed by atoms with Crippen molar-refractivity contribution in [2.24, 2.45) is 17.6 Å². The normalized spacial score (nSPS) is 12.8. The molecule has 0 saturated carbocycles. The van der Waals surface area contributed by atoms with E-state index >= 15 is 0 Å². The van der Waals surface area contributed by atoms with Crippen molar-refractivity contribution in [2.75, 3.05) is 13.3 Å². The monoisotopic (exact) mass is 582 g/mol. The molecule has 3 amide bonds. The first-order valence-electron chi connectivity index (χ1n) is 14.3. The van der Waals surface area contributed by atoms with E-state index in [1.807, 2.05) is 20.8 Å². The Morgan fingerprint density at radius 2 is 1.74 bits per heavy atom. The molecule has 0 fully saturated rings. The molecule has 0 saturated heterocycles. The van der Waals surface area contributed by atoms with Gasteiger partial charge in [-0.1, -0.05) is 58.2 Å². The highest BCUT2D eigenvalue weighted by Crippen LogP contribution is 2.22. The van der Waals surface area contributed by atoms with Gasteiger partial charge in [0.2, 0.25) is 24.5 Å². The number of pyridine rings is 1. The van der Waals surface area contributed by atoms with E-state index in [4.69, 9.17) is 15.2 Å². The second-order valence-electron chi connectivity index (χ2n) is 10.2. The van der Waals surface area contributed by atoms with Gasteiger partial charge in [0.15, 0.2) is 5.78 Å². The number of rotatable bonds is 19. The number of Topliss-reactive ketones (excluding diaryl/α,β-unsaturated/α-hetero) is 1. The zero-order chi connectivity index (χ0) is 30.9. The molecular weight excluding hydrogens is 540 g/mol. The highest BCUT2D eigenvalue weighted by molar-refractivity contribution is 5.93. The van der Waals surface area contributed by atoms with Crippen LogP contribution in [0.1, 0.15) is 75.3 Å². The van der Waals surface area contributed by atoms with Crippen molar-refractivity contribution in [3.63, 3.8) is 0 Å². The summed E-state index contributed by atoms with van der Waals surface area (Å²) < 4.78 is 10.6. The Labute approximate surface area is 246 Å². The average Bonchev–Trinajstić information content (AvgIpc) is 2.99. The van der Waals surface area contributed by atoms with Crippen LogP contribution in [0.4, 0.5) is 0 Å². The van der Waals surface area contributed by atoms with Crippen LogP contribution in [0.15, 0.2) is 48.7 Å². The number of nitrogens with zero attached hydrogens (tertiary/aromatic N) is 1. The topological polar surface area (TPSA) is 167 Å². The number of unbranched alkanes of at least 4 members (excludes halogenated alkanes) is 2. The van der Waals surface area contributed by atoms with E-state index in [-0.39, 0.29) is 49.5 Å². The number of nitrogens with one attached hydrogen (secondary N) is 2. The Balaban J connectivity index is 2.08. The number of carbonyl (C=O) groups excluding carboxylic acids is 5. The largest absolute Gasteiger partial charge is 0.457 e. The minimum Gasteiger partial charge on any atom is -0.457 e. The maximum absolute atomic E-state index is 13.5. The molecule has 11 nitrogen and oxygen atoms in total. The molecule has 1 aromatic carbocycles. The highest BCUT2D eigenvalue weighted by atomic mass is 16.7. The van der Waals surface area contributed by atoms with Gasteiger partial charge >= 0.3 is 5.97 Å². The lowest BCUT2D eigenvalue weighted by Crippen LogP contribution is -2.45. The minimum atomic E-state index is -0.847. The van der Waals surface area contributed by atoms with E-state index < -0.39 is 29.7 Å². The molecular formula is C31H42N4O7. The summed E-state index contributed by atoms with van der Waals surface area (Å²) in [7, 11) is 0. The lowest BCUT2D eigenvalue weighted by Gasteiger charge is -2.25. The quantitative estimate of drug-likeness (QED) is 0.129. The Hall–Kier alpha value is -4.28. The van der Waals surface area contributed by atoms with Crippen LogP contribution in [0, 0.1) is 11.8 Å². The van der Waals surface area contributed by atoms with Crippen molar-refractivity contribution in [3.8, 4) is 5.75 Å². The fraction of sp³-hybridized carbons (Fsp3) is 0.484. The molecule has 0 aliphatic heterocycles. The Morgan fingerprint density at radius 1 is 1.00 bits per heavy atom. The first kappa shape index (κ1) is 33.9. The van der Waals surface area contributed by atoms with Crippen LogP contribution < -0.4 is 21.1 Å². The van der Waals surface area contributed by atoms with Gasteiger partial charge in [-0.05, 0) is 48.6 Å². The van der Waals surface area contributed by atoms with Crippen LogP contribution in [0.25, 0.3) is 0 Å². The van der Waals surface area contributed by atoms with E-state index in [2.05, 4.69) is 15.6 Å². The van der Waals surface area contributed by atoms with Gasteiger partial charge in [-0.15, -0.1) is 0 Å². The number of ether oxygens (including phenoxy) is 2. The molecule has 3 atom stereocenters. The van der Waals surface area contributed by atoms with E-state index in [0.717, 1.165) is 18.4 Å². The third-order valence-corrected chi connectivity index (χ3v) is 6.91. The molecule has 0 spiro atoms. The minimum absolute atomic E-state index is 0.0949. The lowest BCUT2D eigenvalue weighted by molar-refractivity contribution is -0.133. The van der Waals surface area contributed by atoms with Crippen LogP contribution in [0.5, 0.6) is 5.75 Å². The fourth-order valence-corrected chi connectivity index (χ4v) is 4.21. The number of esters is 1. The number of hydrogen-bond acceptors (Lipinski definition) is 8. The number of benzene rings is 1. The summed E-state index contributed by atoms with van der Waals surface area (Å²) in [5.41, 5.74) is 6.10. The summed E-state index contributed by atoms with van der Waals surface area (Å²) in [5, 5.41) is 5.37. The lowest BCUT2D eigenvalue weighted by atomic mass is 9.84. The molecule has 1 aromatic heterocycles. The van der Waals surface area contributed by atoms with Crippen molar-refractivity contribution >= 4 is 29.5 Å². The Morgan fingerprint density at radius 3 is 2.36 bits per heavy atom. The Bertz CT molecular complexity index is 1170. The molecule has 0 radical (unpaired) electrons. The molecule has 0 bridgehead atoms. The van der Waals surface area contributed by atoms with Gasteiger partial charge in [0.05, 0.1) is 12.6 Å². The van der Waals surface area contributed by atoms with Crippen molar-refractivity contribution in [3.05, 3.63) is 59.9 Å². The van der Waals surface area contributed by atoms with Crippen LogP contribution in [-0.2, 0) is 30.3 Å². The molecule has 11 heteroatoms. The maximum Gasteiger partial charge on any atom is 0.359 e. The molecule has 3 unspecified atom stereocenters. The molecule has 1 heterocycles. The molecule has 42 heavy (non-hydrogen) atoms. The van der Waals surface area contributed by atoms with E-state index in [9.17, 15) is 24.0 Å². The van der Waals surface area contributed by atoms with Crippen molar-refractivity contribution < 1.29 is 33.4 Å². The van der Waals surface area contributed by atoms with Gasteiger partial charge in [-0.25, -0.2) is 9.78 Å². The number of ketones is 1. The Kier molecular flexibility index (Phi) is 14.7. The van der Waals surface area contributed by atoms with Crippen LogP contribution in [-0.4, -0.2) is 53.8 Å². The summed E-state index contributed by atoms with van der Waals surface area (Å²) in [6.07, 6.45) is 5.14. The second-order valence-corrected chi connectivity index (χ2v) is 10.2. The fourth-order valence-electron chi connectivity index (χ4n) is 4.21. The van der Waals surface area contributed by atoms with E-state index in [0.29, 0.717) is 25.0 Å². The molecule has 0 aliphatic carbocycles. The van der Waals surface area contributed by atoms with Gasteiger partial charge in [0.1, 0.15) is 11.4 Å². The summed E-state index contributed by atoms with van der Waals surface area (Å²) in [6, 6.07) is 10.9. The highest BCUT2D eigenvalue weighted by Gasteiger charge is 2.31. The maximum atomic E-state index is 13.5. The standard InChI is InChI=1S/C31H42N4O7/c1-4-6-7-11-29(38)35-26(27(36)18-24(21(3)5-2)30(39)34-19-28(32)37)17-22-12-14-23(15-13-22)41-20-42-31(40)25-10-8-9-16-33-25/h8-10,12-16,21,24,26H,4-7,11,17-20H2,1-3H3,(H2,32,37)(H,34,39)(H,35,38). The van der Waals surface area contributed by atoms with E-state index in [1.165, 1.54) is 12.3 Å². The van der Waals surface area contributed by atoms with Gasteiger partial charge in [0.25, 0.3) is 0 Å². The predicted octanol–water partition coefficient (Wildman–Crippen LogP) is 3.11. The van der Waals surface area contributed by atoms with Crippen LogP contribution in [0.3, 0.4) is 0 Å². The first-order valence-corrected chi connectivity index (χ1v) is 14.3. The summed E-state index contributed by atoms with van der Waals surface area (Å²) in [4.78, 5) is 66.1. The average molecular weight is 583 g/mol. The molecule has 0 aliphatic rings.